The van der Waals surface area contributed by atoms with E-state index in [2.05, 4.69) is 5.32 Å². The van der Waals surface area contributed by atoms with Crippen molar-refractivity contribution in [2.24, 2.45) is 5.92 Å². The largest absolute Gasteiger partial charge is 0.496 e. The van der Waals surface area contributed by atoms with Crippen LogP contribution in [0.1, 0.15) is 31.4 Å². The molecule has 2 N–H and O–H groups in total. The van der Waals surface area contributed by atoms with Crippen LogP contribution in [0.5, 0.6) is 5.75 Å². The van der Waals surface area contributed by atoms with Crippen LogP contribution >= 0.6 is 0 Å². The molecule has 140 valence electrons. The molecule has 0 saturated heterocycles. The number of benzene rings is 1. The number of rotatable bonds is 7. The zero-order valence-corrected chi connectivity index (χ0v) is 15.3. The fourth-order valence-electron chi connectivity index (χ4n) is 2.89. The van der Waals surface area contributed by atoms with E-state index < -0.39 is 23.5 Å². The average Bonchev–Trinajstić information content (AvgIpc) is 2.54. The van der Waals surface area contributed by atoms with E-state index in [1.54, 1.807) is 19.1 Å². The van der Waals surface area contributed by atoms with Crippen LogP contribution in [0.4, 0.5) is 0 Å². The highest BCUT2D eigenvalue weighted by atomic mass is 16.5. The number of carboxylic acids is 1. The predicted octanol–water partition coefficient (Wildman–Crippen LogP) is 2.27. The molecule has 1 unspecified atom stereocenters. The smallest absolute Gasteiger partial charge is 0.336 e. The molecule has 0 fully saturated rings. The lowest BCUT2D eigenvalue weighted by Gasteiger charge is -2.17. The molecule has 1 amide bonds. The lowest BCUT2D eigenvalue weighted by Crippen LogP contribution is -2.42. The molecule has 7 nitrogen and oxygen atoms in total. The van der Waals surface area contributed by atoms with Crippen LogP contribution in [0, 0.1) is 12.8 Å². The van der Waals surface area contributed by atoms with Crippen molar-refractivity contribution in [3.8, 4) is 5.75 Å². The highest BCUT2D eigenvalue weighted by Crippen LogP contribution is 2.28. The van der Waals surface area contributed by atoms with Gasteiger partial charge in [-0.3, -0.25) is 4.79 Å². The number of methoxy groups -OCH3 is 1. The third-order valence-electron chi connectivity index (χ3n) is 4.11. The topological polar surface area (TPSA) is 106 Å². The second-order valence-electron chi connectivity index (χ2n) is 6.62. The number of hydrogen-bond acceptors (Lipinski definition) is 5. The minimum absolute atomic E-state index is 0.115. The normalized spacial score (nSPS) is 12.2. The Morgan fingerprint density at radius 3 is 2.58 bits per heavy atom. The number of nitrogens with one attached hydrogen (secondary N) is 1. The molecule has 1 aromatic heterocycles. The van der Waals surface area contributed by atoms with Crippen molar-refractivity contribution in [1.29, 1.82) is 0 Å². The van der Waals surface area contributed by atoms with Crippen molar-refractivity contribution in [2.75, 3.05) is 7.11 Å². The van der Waals surface area contributed by atoms with Crippen molar-refractivity contribution in [2.45, 2.75) is 39.7 Å². The maximum atomic E-state index is 12.3. The maximum absolute atomic E-state index is 12.3. The monoisotopic (exact) mass is 361 g/mol. The highest BCUT2D eigenvalue weighted by Gasteiger charge is 2.22. The molecule has 0 spiro atoms. The summed E-state index contributed by atoms with van der Waals surface area (Å²) >= 11 is 0. The van der Waals surface area contributed by atoms with Crippen LogP contribution in [0.3, 0.4) is 0 Å². The molecule has 2 aromatic rings. The molecule has 1 aromatic carbocycles. The van der Waals surface area contributed by atoms with Gasteiger partial charge in [0.25, 0.3) is 0 Å². The first-order chi connectivity index (χ1) is 12.2. The van der Waals surface area contributed by atoms with Gasteiger partial charge in [-0.1, -0.05) is 13.8 Å². The molecular weight excluding hydrogens is 338 g/mol. The summed E-state index contributed by atoms with van der Waals surface area (Å²) < 4.78 is 10.5. The summed E-state index contributed by atoms with van der Waals surface area (Å²) in [6, 6.07) is 3.75. The van der Waals surface area contributed by atoms with Gasteiger partial charge in [-0.2, -0.15) is 0 Å². The Morgan fingerprint density at radius 1 is 1.31 bits per heavy atom. The highest BCUT2D eigenvalue weighted by molar-refractivity contribution is 5.91. The molecule has 1 heterocycles. The average molecular weight is 361 g/mol. The summed E-state index contributed by atoms with van der Waals surface area (Å²) in [6.45, 7) is 5.53. The summed E-state index contributed by atoms with van der Waals surface area (Å²) in [6.07, 6.45) is 0.213. The summed E-state index contributed by atoms with van der Waals surface area (Å²) in [5.74, 6) is -0.843. The fourth-order valence-corrected chi connectivity index (χ4v) is 2.89. The Hall–Kier alpha value is -2.83. The number of aryl methyl sites for hydroxylation is 1. The number of carboxylic acid groups (broad SMARTS) is 1. The summed E-state index contributed by atoms with van der Waals surface area (Å²) in [7, 11) is 1.52. The second kappa shape index (κ2) is 8.03. The lowest BCUT2D eigenvalue weighted by molar-refractivity contribution is -0.142. The van der Waals surface area contributed by atoms with Crippen LogP contribution in [0.15, 0.2) is 27.4 Å². The number of aliphatic carboxylic acids is 1. The molecule has 0 saturated carbocycles. The van der Waals surface area contributed by atoms with E-state index in [1.165, 1.54) is 13.2 Å². The summed E-state index contributed by atoms with van der Waals surface area (Å²) in [5.41, 5.74) is 0.922. The van der Waals surface area contributed by atoms with Gasteiger partial charge in [-0.25, -0.2) is 9.59 Å². The van der Waals surface area contributed by atoms with E-state index in [0.717, 1.165) is 0 Å². The van der Waals surface area contributed by atoms with Crippen LogP contribution in [0.25, 0.3) is 11.0 Å². The zero-order valence-electron chi connectivity index (χ0n) is 15.3. The van der Waals surface area contributed by atoms with E-state index in [4.69, 9.17) is 9.15 Å². The van der Waals surface area contributed by atoms with Gasteiger partial charge in [0.15, 0.2) is 0 Å². The molecule has 26 heavy (non-hydrogen) atoms. The van der Waals surface area contributed by atoms with E-state index in [9.17, 15) is 19.5 Å². The van der Waals surface area contributed by atoms with Gasteiger partial charge in [-0.05, 0) is 37.0 Å². The van der Waals surface area contributed by atoms with E-state index in [-0.39, 0.29) is 12.3 Å². The second-order valence-corrected chi connectivity index (χ2v) is 6.62. The van der Waals surface area contributed by atoms with Gasteiger partial charge in [0, 0.05) is 17.0 Å². The van der Waals surface area contributed by atoms with Gasteiger partial charge < -0.3 is 19.6 Å². The van der Waals surface area contributed by atoms with Crippen LogP contribution in [-0.2, 0) is 16.0 Å². The third-order valence-corrected chi connectivity index (χ3v) is 4.11. The number of ether oxygens (including phenoxy) is 1. The Kier molecular flexibility index (Phi) is 6.02. The Bertz CT molecular complexity index is 883. The Morgan fingerprint density at radius 2 is 2.00 bits per heavy atom. The minimum Gasteiger partial charge on any atom is -0.496 e. The van der Waals surface area contributed by atoms with Crippen LogP contribution in [-0.4, -0.2) is 30.1 Å². The van der Waals surface area contributed by atoms with Gasteiger partial charge in [0.2, 0.25) is 5.91 Å². The first-order valence-corrected chi connectivity index (χ1v) is 8.35. The molecule has 0 radical (unpaired) electrons. The Balaban J connectivity index is 2.33. The number of amides is 1. The molecular formula is C19H23NO6. The molecule has 7 heteroatoms. The lowest BCUT2D eigenvalue weighted by atomic mass is 10.0. The molecule has 0 aliphatic carbocycles. The number of fused-ring (bicyclic) bond motifs is 1. The molecule has 1 atom stereocenters. The molecule has 0 aliphatic heterocycles. The van der Waals surface area contributed by atoms with Gasteiger partial charge in [0.05, 0.1) is 13.5 Å². The third kappa shape index (κ3) is 4.41. The van der Waals surface area contributed by atoms with E-state index in [1.807, 2.05) is 13.8 Å². The maximum Gasteiger partial charge on any atom is 0.336 e. The summed E-state index contributed by atoms with van der Waals surface area (Å²) in [5, 5.41) is 12.4. The van der Waals surface area contributed by atoms with Crippen molar-refractivity contribution >= 4 is 22.8 Å². The number of carbonyl (C=O) groups is 2. The molecule has 2 rings (SSSR count). The van der Waals surface area contributed by atoms with Gasteiger partial charge in [-0.15, -0.1) is 0 Å². The standard InChI is InChI=1S/C19H23NO6/c1-10(2)7-14(19(23)24)20-16(21)8-12-9-17(22)26-18-11(3)15(25-4)6-5-13(12)18/h5-6,9-10,14H,7-8H2,1-4H3,(H,20,21)(H,23,24). The van der Waals surface area contributed by atoms with Crippen LogP contribution in [0.2, 0.25) is 0 Å². The predicted molar refractivity (Wildman–Crippen MR) is 96.5 cm³/mol. The Labute approximate surface area is 151 Å². The van der Waals surface area contributed by atoms with E-state index in [0.29, 0.717) is 34.3 Å². The van der Waals surface area contributed by atoms with E-state index >= 15 is 0 Å². The quantitative estimate of drug-likeness (QED) is 0.733. The van der Waals surface area contributed by atoms with Gasteiger partial charge in [0.1, 0.15) is 17.4 Å². The van der Waals surface area contributed by atoms with Crippen molar-refractivity contribution in [3.05, 3.63) is 39.7 Å². The van der Waals surface area contributed by atoms with Crippen molar-refractivity contribution in [1.82, 2.24) is 5.32 Å². The fraction of sp³-hybridized carbons (Fsp3) is 0.421. The molecule has 0 aliphatic rings. The zero-order chi connectivity index (χ0) is 19.4. The van der Waals surface area contributed by atoms with Crippen LogP contribution < -0.4 is 15.7 Å². The number of carbonyl (C=O) groups excluding carboxylic acids is 1. The minimum atomic E-state index is -1.08. The first kappa shape index (κ1) is 19.5. The van der Waals surface area contributed by atoms with Gasteiger partial charge >= 0.3 is 11.6 Å². The molecule has 0 bridgehead atoms. The van der Waals surface area contributed by atoms with Crippen molar-refractivity contribution < 1.29 is 23.8 Å². The summed E-state index contributed by atoms with van der Waals surface area (Å²) in [4.78, 5) is 35.5. The number of hydrogen-bond donors (Lipinski definition) is 2. The SMILES string of the molecule is COc1ccc2c(CC(=O)NC(CC(C)C)C(=O)O)cc(=O)oc2c1C. The van der Waals surface area contributed by atoms with Crippen molar-refractivity contribution in [3.63, 3.8) is 0 Å². The first-order valence-electron chi connectivity index (χ1n) is 8.35.